The third-order valence-corrected chi connectivity index (χ3v) is 3.48. The van der Waals surface area contributed by atoms with E-state index in [0.29, 0.717) is 5.02 Å². The first-order valence-electron chi connectivity index (χ1n) is 6.54. The molecule has 0 saturated carbocycles. The molecule has 0 heterocycles. The van der Waals surface area contributed by atoms with Gasteiger partial charge in [0.1, 0.15) is 5.75 Å². The molecule has 0 aliphatic rings. The normalized spacial score (nSPS) is 12.3. The SMILES string of the molecule is Cc1cccc(Cl)c1NC(C)c1cccc(OC(F)F)c1. The molecule has 0 aromatic heterocycles. The van der Waals surface area contributed by atoms with Gasteiger partial charge in [0.25, 0.3) is 0 Å². The monoisotopic (exact) mass is 311 g/mol. The summed E-state index contributed by atoms with van der Waals surface area (Å²) in [7, 11) is 0. The Morgan fingerprint density at radius 1 is 1.14 bits per heavy atom. The largest absolute Gasteiger partial charge is 0.435 e. The van der Waals surface area contributed by atoms with E-state index < -0.39 is 6.61 Å². The predicted octanol–water partition coefficient (Wildman–Crippen LogP) is 5.42. The van der Waals surface area contributed by atoms with Crippen molar-refractivity contribution in [1.82, 2.24) is 0 Å². The highest BCUT2D eigenvalue weighted by Gasteiger charge is 2.11. The van der Waals surface area contributed by atoms with Gasteiger partial charge in [-0.25, -0.2) is 0 Å². The van der Waals surface area contributed by atoms with Gasteiger partial charge in [0.05, 0.1) is 10.7 Å². The van der Waals surface area contributed by atoms with Gasteiger partial charge in [-0.2, -0.15) is 8.78 Å². The van der Waals surface area contributed by atoms with E-state index in [1.807, 2.05) is 32.0 Å². The van der Waals surface area contributed by atoms with Gasteiger partial charge >= 0.3 is 6.61 Å². The van der Waals surface area contributed by atoms with Crippen molar-refractivity contribution in [1.29, 1.82) is 0 Å². The second-order valence-electron chi connectivity index (χ2n) is 4.75. The first-order valence-corrected chi connectivity index (χ1v) is 6.91. The Balaban J connectivity index is 2.18. The predicted molar refractivity (Wildman–Crippen MR) is 81.3 cm³/mol. The average Bonchev–Trinajstić information content (AvgIpc) is 2.42. The van der Waals surface area contributed by atoms with E-state index in [1.165, 1.54) is 6.07 Å². The molecule has 0 aliphatic carbocycles. The van der Waals surface area contributed by atoms with Crippen LogP contribution in [0.15, 0.2) is 42.5 Å². The summed E-state index contributed by atoms with van der Waals surface area (Å²) in [5.74, 6) is 0.145. The number of alkyl halides is 2. The van der Waals surface area contributed by atoms with E-state index in [1.54, 1.807) is 18.2 Å². The first kappa shape index (κ1) is 15.6. The Kier molecular flexibility index (Phi) is 5.02. The molecule has 2 aromatic carbocycles. The second kappa shape index (κ2) is 6.76. The Morgan fingerprint density at radius 2 is 1.86 bits per heavy atom. The first-order chi connectivity index (χ1) is 9.97. The molecule has 0 saturated heterocycles. The topological polar surface area (TPSA) is 21.3 Å². The molecule has 0 aliphatic heterocycles. The zero-order valence-corrected chi connectivity index (χ0v) is 12.5. The lowest BCUT2D eigenvalue weighted by Crippen LogP contribution is -2.09. The molecule has 2 nitrogen and oxygen atoms in total. The van der Waals surface area contributed by atoms with E-state index >= 15 is 0 Å². The lowest BCUT2D eigenvalue weighted by molar-refractivity contribution is -0.0498. The van der Waals surface area contributed by atoms with Gasteiger partial charge in [-0.05, 0) is 43.2 Å². The number of rotatable bonds is 5. The minimum absolute atomic E-state index is 0.0928. The van der Waals surface area contributed by atoms with Crippen LogP contribution >= 0.6 is 11.6 Å². The summed E-state index contributed by atoms with van der Waals surface area (Å²) in [5, 5.41) is 3.93. The maximum Gasteiger partial charge on any atom is 0.387 e. The van der Waals surface area contributed by atoms with Gasteiger partial charge in [-0.3, -0.25) is 0 Å². The van der Waals surface area contributed by atoms with Gasteiger partial charge in [0, 0.05) is 6.04 Å². The molecule has 0 fully saturated rings. The summed E-state index contributed by atoms with van der Waals surface area (Å²) in [6.45, 7) is 1.07. The van der Waals surface area contributed by atoms with Crippen molar-refractivity contribution in [2.24, 2.45) is 0 Å². The van der Waals surface area contributed by atoms with Crippen LogP contribution < -0.4 is 10.1 Å². The molecule has 1 unspecified atom stereocenters. The fourth-order valence-corrected chi connectivity index (χ4v) is 2.35. The number of halogens is 3. The summed E-state index contributed by atoms with van der Waals surface area (Å²) in [4.78, 5) is 0. The van der Waals surface area contributed by atoms with Crippen molar-refractivity contribution in [3.8, 4) is 5.75 Å². The van der Waals surface area contributed by atoms with Crippen molar-refractivity contribution in [3.05, 3.63) is 58.6 Å². The fourth-order valence-electron chi connectivity index (χ4n) is 2.07. The third kappa shape index (κ3) is 4.08. The zero-order valence-electron chi connectivity index (χ0n) is 11.7. The molecule has 5 heteroatoms. The molecule has 2 rings (SSSR count). The van der Waals surface area contributed by atoms with Crippen LogP contribution in [-0.2, 0) is 0 Å². The van der Waals surface area contributed by atoms with Gasteiger partial charge in [-0.1, -0.05) is 35.9 Å². The lowest BCUT2D eigenvalue weighted by Gasteiger charge is -2.19. The average molecular weight is 312 g/mol. The number of benzene rings is 2. The van der Waals surface area contributed by atoms with Crippen molar-refractivity contribution in [2.45, 2.75) is 26.5 Å². The van der Waals surface area contributed by atoms with E-state index in [0.717, 1.165) is 16.8 Å². The van der Waals surface area contributed by atoms with Crippen LogP contribution in [0, 0.1) is 6.92 Å². The molecule has 0 radical (unpaired) electrons. The molecular formula is C16H16ClF2NO. The maximum atomic E-state index is 12.3. The Labute approximate surface area is 127 Å². The molecule has 1 atom stereocenters. The summed E-state index contributed by atoms with van der Waals surface area (Å²) in [6, 6.07) is 12.2. The van der Waals surface area contributed by atoms with E-state index in [-0.39, 0.29) is 11.8 Å². The Hall–Kier alpha value is -1.81. The fraction of sp³-hybridized carbons (Fsp3) is 0.250. The standard InChI is InChI=1S/C16H16ClF2NO/c1-10-5-3-8-14(17)15(10)20-11(2)12-6-4-7-13(9-12)21-16(18)19/h3-9,11,16,20H,1-2H3. The zero-order chi connectivity index (χ0) is 15.4. The van der Waals surface area contributed by atoms with Crippen LogP contribution in [0.2, 0.25) is 5.02 Å². The van der Waals surface area contributed by atoms with E-state index in [9.17, 15) is 8.78 Å². The van der Waals surface area contributed by atoms with E-state index in [2.05, 4.69) is 10.1 Å². The highest BCUT2D eigenvalue weighted by atomic mass is 35.5. The highest BCUT2D eigenvalue weighted by Crippen LogP contribution is 2.30. The van der Waals surface area contributed by atoms with Gasteiger partial charge < -0.3 is 10.1 Å². The Morgan fingerprint density at radius 3 is 2.52 bits per heavy atom. The number of nitrogens with one attached hydrogen (secondary N) is 1. The second-order valence-corrected chi connectivity index (χ2v) is 5.16. The van der Waals surface area contributed by atoms with Crippen LogP contribution in [0.5, 0.6) is 5.75 Å². The van der Waals surface area contributed by atoms with Crippen molar-refractivity contribution < 1.29 is 13.5 Å². The summed E-state index contributed by atoms with van der Waals surface area (Å²) in [5.41, 5.74) is 2.70. The van der Waals surface area contributed by atoms with Gasteiger partial charge in [0.2, 0.25) is 0 Å². The van der Waals surface area contributed by atoms with Crippen LogP contribution in [0.25, 0.3) is 0 Å². The summed E-state index contributed by atoms with van der Waals surface area (Å²) < 4.78 is 28.9. The van der Waals surface area contributed by atoms with Crippen molar-refractivity contribution in [2.75, 3.05) is 5.32 Å². The number of ether oxygens (including phenoxy) is 1. The minimum atomic E-state index is -2.82. The molecule has 0 spiro atoms. The van der Waals surface area contributed by atoms with Crippen LogP contribution in [0.4, 0.5) is 14.5 Å². The maximum absolute atomic E-state index is 12.3. The van der Waals surface area contributed by atoms with Crippen LogP contribution in [0.1, 0.15) is 24.1 Å². The third-order valence-electron chi connectivity index (χ3n) is 3.17. The highest BCUT2D eigenvalue weighted by molar-refractivity contribution is 6.33. The number of hydrogen-bond acceptors (Lipinski definition) is 2. The molecule has 2 aromatic rings. The van der Waals surface area contributed by atoms with Gasteiger partial charge in [-0.15, -0.1) is 0 Å². The summed E-state index contributed by atoms with van der Waals surface area (Å²) in [6.07, 6.45) is 0. The minimum Gasteiger partial charge on any atom is -0.435 e. The molecule has 21 heavy (non-hydrogen) atoms. The number of anilines is 1. The molecular weight excluding hydrogens is 296 g/mol. The smallest absolute Gasteiger partial charge is 0.387 e. The van der Waals surface area contributed by atoms with Gasteiger partial charge in [0.15, 0.2) is 0 Å². The van der Waals surface area contributed by atoms with Crippen LogP contribution in [-0.4, -0.2) is 6.61 Å². The number of para-hydroxylation sites is 1. The quantitative estimate of drug-likeness (QED) is 0.795. The lowest BCUT2D eigenvalue weighted by atomic mass is 10.1. The van der Waals surface area contributed by atoms with Crippen molar-refractivity contribution >= 4 is 17.3 Å². The van der Waals surface area contributed by atoms with Crippen molar-refractivity contribution in [3.63, 3.8) is 0 Å². The molecule has 0 bridgehead atoms. The van der Waals surface area contributed by atoms with Crippen LogP contribution in [0.3, 0.4) is 0 Å². The van der Waals surface area contributed by atoms with E-state index in [4.69, 9.17) is 11.6 Å². The molecule has 1 N–H and O–H groups in total. The number of hydrogen-bond donors (Lipinski definition) is 1. The summed E-state index contributed by atoms with van der Waals surface area (Å²) >= 11 is 6.17. The number of aryl methyl sites for hydroxylation is 1. The molecule has 112 valence electrons. The molecule has 0 amide bonds. The Bertz CT molecular complexity index is 599.